The molecule has 3 aromatic rings. The van der Waals surface area contributed by atoms with Gasteiger partial charge in [0.05, 0.1) is 5.52 Å². The number of hydrogen-bond donors (Lipinski definition) is 0. The zero-order chi connectivity index (χ0) is 14.5. The molecule has 20 heavy (non-hydrogen) atoms. The first-order valence-electron chi connectivity index (χ1n) is 7.03. The van der Waals surface area contributed by atoms with Gasteiger partial charge in [-0.3, -0.25) is 0 Å². The molecule has 0 spiro atoms. The van der Waals surface area contributed by atoms with E-state index in [0.717, 1.165) is 16.7 Å². The highest BCUT2D eigenvalue weighted by Gasteiger charge is 2.01. The van der Waals surface area contributed by atoms with E-state index in [4.69, 9.17) is 0 Å². The summed E-state index contributed by atoms with van der Waals surface area (Å²) in [5.41, 5.74) is 4.70. The molecule has 0 radical (unpaired) electrons. The third-order valence-electron chi connectivity index (χ3n) is 3.09. The van der Waals surface area contributed by atoms with Crippen molar-refractivity contribution in [3.8, 4) is 11.1 Å². The van der Waals surface area contributed by atoms with Crippen molar-refractivity contribution in [2.24, 2.45) is 0 Å². The Morgan fingerprint density at radius 3 is 2.15 bits per heavy atom. The third kappa shape index (κ3) is 3.02. The van der Waals surface area contributed by atoms with Crippen LogP contribution in [-0.2, 0) is 0 Å². The van der Waals surface area contributed by atoms with Crippen LogP contribution in [-0.4, -0.2) is 9.97 Å². The molecule has 2 aromatic carbocycles. The molecule has 0 aliphatic carbocycles. The molecule has 3 rings (SSSR count). The van der Waals surface area contributed by atoms with Gasteiger partial charge in [0.15, 0.2) is 0 Å². The van der Waals surface area contributed by atoms with Crippen LogP contribution >= 0.6 is 0 Å². The van der Waals surface area contributed by atoms with Gasteiger partial charge >= 0.3 is 0 Å². The summed E-state index contributed by atoms with van der Waals surface area (Å²) in [6.07, 6.45) is 1.88. The van der Waals surface area contributed by atoms with Gasteiger partial charge in [-0.1, -0.05) is 49.7 Å². The molecule has 0 bridgehead atoms. The highest BCUT2D eigenvalue weighted by Crippen LogP contribution is 2.23. The Bertz CT molecular complexity index is 700. The summed E-state index contributed by atoms with van der Waals surface area (Å²) < 4.78 is 0. The highest BCUT2D eigenvalue weighted by atomic mass is 14.9. The Balaban J connectivity index is 0.000000704. The summed E-state index contributed by atoms with van der Waals surface area (Å²) in [6.45, 7) is 8.01. The zero-order valence-electron chi connectivity index (χ0n) is 12.5. The first kappa shape index (κ1) is 14.2. The van der Waals surface area contributed by atoms with E-state index >= 15 is 0 Å². The van der Waals surface area contributed by atoms with E-state index in [1.54, 1.807) is 0 Å². The number of aromatic nitrogens is 2. The Morgan fingerprint density at radius 2 is 1.45 bits per heavy atom. The van der Waals surface area contributed by atoms with Gasteiger partial charge in [0.1, 0.15) is 5.82 Å². The van der Waals surface area contributed by atoms with Gasteiger partial charge in [-0.2, -0.15) is 0 Å². The molecule has 0 amide bonds. The lowest BCUT2D eigenvalue weighted by molar-refractivity contribution is 1.09. The van der Waals surface area contributed by atoms with Crippen LogP contribution in [0.4, 0.5) is 0 Å². The van der Waals surface area contributed by atoms with Crippen LogP contribution in [0.5, 0.6) is 0 Å². The monoisotopic (exact) mass is 264 g/mol. The third-order valence-corrected chi connectivity index (χ3v) is 3.09. The lowest BCUT2D eigenvalue weighted by Gasteiger charge is -2.04. The second-order valence-corrected chi connectivity index (χ2v) is 4.56. The van der Waals surface area contributed by atoms with Crippen LogP contribution in [0.15, 0.2) is 48.7 Å². The molecule has 0 aliphatic heterocycles. The molecule has 0 saturated heterocycles. The molecule has 2 nitrogen and oxygen atoms in total. The normalized spacial score (nSPS) is 10.0. The van der Waals surface area contributed by atoms with Crippen molar-refractivity contribution in [1.29, 1.82) is 0 Å². The molecule has 0 N–H and O–H groups in total. The Labute approximate surface area is 120 Å². The largest absolute Gasteiger partial charge is 0.241 e. The molecule has 1 heterocycles. The van der Waals surface area contributed by atoms with E-state index in [9.17, 15) is 0 Å². The number of fused-ring (bicyclic) bond motifs is 1. The smallest absolute Gasteiger partial charge is 0.125 e. The van der Waals surface area contributed by atoms with Crippen molar-refractivity contribution < 1.29 is 0 Å². The van der Waals surface area contributed by atoms with Crippen molar-refractivity contribution in [3.63, 3.8) is 0 Å². The van der Waals surface area contributed by atoms with E-state index in [0.29, 0.717) is 0 Å². The standard InChI is InChI=1S/C16H14N2.C2H6/c1-11-3-5-13(6-4-11)14-7-8-16-15(9-14)10-17-12(2)18-16;1-2/h3-10H,1-2H3;1-2H3. The lowest BCUT2D eigenvalue weighted by atomic mass is 10.0. The summed E-state index contributed by atoms with van der Waals surface area (Å²) in [5.74, 6) is 0.811. The molecular formula is C18H20N2. The SMILES string of the molecule is CC.Cc1ccc(-c2ccc3nc(C)ncc3c2)cc1. The summed E-state index contributed by atoms with van der Waals surface area (Å²) >= 11 is 0. The molecular weight excluding hydrogens is 244 g/mol. The van der Waals surface area contributed by atoms with Gasteiger partial charge in [0, 0.05) is 11.6 Å². The van der Waals surface area contributed by atoms with Crippen LogP contribution in [0, 0.1) is 13.8 Å². The maximum Gasteiger partial charge on any atom is 0.125 e. The van der Waals surface area contributed by atoms with E-state index < -0.39 is 0 Å². The average molecular weight is 264 g/mol. The van der Waals surface area contributed by atoms with Crippen molar-refractivity contribution >= 4 is 10.9 Å². The summed E-state index contributed by atoms with van der Waals surface area (Å²) in [7, 11) is 0. The van der Waals surface area contributed by atoms with E-state index in [1.807, 2.05) is 27.0 Å². The fraction of sp³-hybridized carbons (Fsp3) is 0.222. The molecule has 0 saturated carbocycles. The summed E-state index contributed by atoms with van der Waals surface area (Å²) in [4.78, 5) is 8.66. The second kappa shape index (κ2) is 6.29. The minimum absolute atomic E-state index is 0.811. The van der Waals surface area contributed by atoms with Crippen LogP contribution in [0.25, 0.3) is 22.0 Å². The van der Waals surface area contributed by atoms with Crippen molar-refractivity contribution in [1.82, 2.24) is 9.97 Å². The minimum Gasteiger partial charge on any atom is -0.241 e. The van der Waals surface area contributed by atoms with E-state index in [-0.39, 0.29) is 0 Å². The Kier molecular flexibility index (Phi) is 4.46. The van der Waals surface area contributed by atoms with Crippen molar-refractivity contribution in [3.05, 3.63) is 60.0 Å². The average Bonchev–Trinajstić information content (AvgIpc) is 2.49. The molecule has 1 aromatic heterocycles. The molecule has 0 fully saturated rings. The Morgan fingerprint density at radius 1 is 0.800 bits per heavy atom. The van der Waals surface area contributed by atoms with Gasteiger partial charge in [-0.05, 0) is 37.1 Å². The number of nitrogens with zero attached hydrogens (tertiary/aromatic N) is 2. The van der Waals surface area contributed by atoms with Gasteiger partial charge < -0.3 is 0 Å². The van der Waals surface area contributed by atoms with Crippen molar-refractivity contribution in [2.75, 3.05) is 0 Å². The van der Waals surface area contributed by atoms with Gasteiger partial charge in [0.25, 0.3) is 0 Å². The van der Waals surface area contributed by atoms with E-state index in [1.165, 1.54) is 16.7 Å². The summed E-state index contributed by atoms with van der Waals surface area (Å²) in [6, 6.07) is 14.9. The van der Waals surface area contributed by atoms with Crippen LogP contribution < -0.4 is 0 Å². The van der Waals surface area contributed by atoms with Gasteiger partial charge in [0.2, 0.25) is 0 Å². The van der Waals surface area contributed by atoms with Crippen LogP contribution in [0.2, 0.25) is 0 Å². The summed E-state index contributed by atoms with van der Waals surface area (Å²) in [5, 5.41) is 1.08. The fourth-order valence-corrected chi connectivity index (χ4v) is 2.05. The van der Waals surface area contributed by atoms with E-state index in [2.05, 4.69) is 59.4 Å². The molecule has 0 aliphatic rings. The number of rotatable bonds is 1. The van der Waals surface area contributed by atoms with Crippen molar-refractivity contribution in [2.45, 2.75) is 27.7 Å². The van der Waals surface area contributed by atoms with Crippen LogP contribution in [0.3, 0.4) is 0 Å². The minimum atomic E-state index is 0.811. The van der Waals surface area contributed by atoms with Crippen LogP contribution in [0.1, 0.15) is 25.2 Å². The second-order valence-electron chi connectivity index (χ2n) is 4.56. The topological polar surface area (TPSA) is 25.8 Å². The fourth-order valence-electron chi connectivity index (χ4n) is 2.05. The number of hydrogen-bond acceptors (Lipinski definition) is 2. The molecule has 0 unspecified atom stereocenters. The zero-order valence-corrected chi connectivity index (χ0v) is 12.5. The predicted octanol–water partition coefficient (Wildman–Crippen LogP) is 4.94. The maximum atomic E-state index is 4.41. The van der Waals surface area contributed by atoms with Gasteiger partial charge in [-0.25, -0.2) is 9.97 Å². The number of benzene rings is 2. The van der Waals surface area contributed by atoms with Gasteiger partial charge in [-0.15, -0.1) is 0 Å². The first-order valence-corrected chi connectivity index (χ1v) is 7.03. The maximum absolute atomic E-state index is 4.41. The predicted molar refractivity (Wildman–Crippen MR) is 85.8 cm³/mol. The highest BCUT2D eigenvalue weighted by molar-refractivity contribution is 5.83. The molecule has 102 valence electrons. The Hall–Kier alpha value is -2.22. The number of aryl methyl sites for hydroxylation is 2. The first-order chi connectivity index (χ1) is 9.72. The lowest BCUT2D eigenvalue weighted by Crippen LogP contribution is -1.88. The molecule has 2 heteroatoms. The quantitative estimate of drug-likeness (QED) is 0.622. The molecule has 0 atom stereocenters.